The maximum absolute atomic E-state index is 12.6. The Kier molecular flexibility index (Phi) is 3.05. The van der Waals surface area contributed by atoms with E-state index in [1.165, 1.54) is 0 Å². The zero-order valence-corrected chi connectivity index (χ0v) is 6.31. The van der Waals surface area contributed by atoms with Crippen molar-refractivity contribution >= 4 is 0 Å². The van der Waals surface area contributed by atoms with Crippen LogP contribution in [0.1, 0.15) is 0 Å². The van der Waals surface area contributed by atoms with Gasteiger partial charge in [-0.3, -0.25) is 0 Å². The Bertz CT molecular complexity index is 292. The molecular formula is C7H5F4NO. The summed E-state index contributed by atoms with van der Waals surface area (Å²) in [4.78, 5) is 2.95. The summed E-state index contributed by atoms with van der Waals surface area (Å²) < 4.78 is 52.4. The van der Waals surface area contributed by atoms with E-state index in [2.05, 4.69) is 9.72 Å². The monoisotopic (exact) mass is 195 g/mol. The highest BCUT2D eigenvalue weighted by Gasteiger charge is 2.09. The van der Waals surface area contributed by atoms with E-state index < -0.39 is 30.5 Å². The van der Waals surface area contributed by atoms with Crippen LogP contribution in [0.3, 0.4) is 0 Å². The lowest BCUT2D eigenvalue weighted by atomic mass is 10.4. The Hall–Kier alpha value is -1.33. The molecule has 1 aromatic rings. The van der Waals surface area contributed by atoms with E-state index >= 15 is 0 Å². The second kappa shape index (κ2) is 4.06. The van der Waals surface area contributed by atoms with Gasteiger partial charge in [-0.1, -0.05) is 0 Å². The molecule has 13 heavy (non-hydrogen) atoms. The van der Waals surface area contributed by atoms with Gasteiger partial charge in [-0.2, -0.15) is 4.39 Å². The summed E-state index contributed by atoms with van der Waals surface area (Å²) in [5.41, 5.74) is 0. The van der Waals surface area contributed by atoms with E-state index in [9.17, 15) is 17.6 Å². The van der Waals surface area contributed by atoms with E-state index in [1.54, 1.807) is 0 Å². The highest BCUT2D eigenvalue weighted by atomic mass is 19.3. The fourth-order valence-electron chi connectivity index (χ4n) is 0.658. The molecule has 2 nitrogen and oxygen atoms in total. The van der Waals surface area contributed by atoms with Gasteiger partial charge in [-0.05, 0) is 0 Å². The van der Waals surface area contributed by atoms with Gasteiger partial charge >= 0.3 is 0 Å². The molecule has 0 bridgehead atoms. The third-order valence-electron chi connectivity index (χ3n) is 1.14. The summed E-state index contributed by atoms with van der Waals surface area (Å²) in [6.45, 7) is -0.984. The first-order chi connectivity index (χ1) is 6.09. The van der Waals surface area contributed by atoms with Crippen molar-refractivity contribution in [2.75, 3.05) is 6.61 Å². The van der Waals surface area contributed by atoms with Crippen LogP contribution in [0.2, 0.25) is 0 Å². The molecule has 0 aliphatic rings. The first kappa shape index (κ1) is 9.76. The standard InChI is InChI=1S/C7H5F4NO/c8-4-1-5(7(11)12-2-4)13-3-6(9)10/h1-2,6H,3H2. The van der Waals surface area contributed by atoms with Gasteiger partial charge in [0.1, 0.15) is 12.4 Å². The lowest BCUT2D eigenvalue weighted by Gasteiger charge is -2.04. The minimum Gasteiger partial charge on any atom is -0.483 e. The summed E-state index contributed by atoms with van der Waals surface area (Å²) in [7, 11) is 0. The second-order valence-electron chi connectivity index (χ2n) is 2.14. The molecule has 0 amide bonds. The number of hydrogen-bond donors (Lipinski definition) is 0. The molecule has 1 heterocycles. The third kappa shape index (κ3) is 2.89. The number of nitrogens with zero attached hydrogens (tertiary/aromatic N) is 1. The van der Waals surface area contributed by atoms with Crippen LogP contribution in [0.25, 0.3) is 0 Å². The number of rotatable bonds is 3. The molecule has 0 radical (unpaired) electrons. The summed E-state index contributed by atoms with van der Waals surface area (Å²) in [5.74, 6) is -2.56. The molecule has 0 aromatic carbocycles. The van der Waals surface area contributed by atoms with Crippen LogP contribution in [0.5, 0.6) is 5.75 Å². The van der Waals surface area contributed by atoms with Gasteiger partial charge in [0.2, 0.25) is 0 Å². The number of aromatic nitrogens is 1. The molecule has 6 heteroatoms. The molecule has 0 saturated carbocycles. The normalized spacial score (nSPS) is 10.5. The summed E-state index contributed by atoms with van der Waals surface area (Å²) in [6, 6.07) is 0.657. The quantitative estimate of drug-likeness (QED) is 0.543. The molecule has 72 valence electrons. The van der Waals surface area contributed by atoms with Crippen LogP contribution in [-0.2, 0) is 0 Å². The van der Waals surface area contributed by atoms with Gasteiger partial charge in [-0.25, -0.2) is 18.2 Å². The molecular weight excluding hydrogens is 190 g/mol. The van der Waals surface area contributed by atoms with Crippen LogP contribution in [0.4, 0.5) is 17.6 Å². The van der Waals surface area contributed by atoms with E-state index in [-0.39, 0.29) is 0 Å². The minimum absolute atomic E-state index is 0.611. The topological polar surface area (TPSA) is 22.1 Å². The van der Waals surface area contributed by atoms with Gasteiger partial charge in [-0.15, -0.1) is 0 Å². The average molecular weight is 195 g/mol. The molecule has 0 unspecified atom stereocenters. The van der Waals surface area contributed by atoms with Gasteiger partial charge in [0.25, 0.3) is 12.4 Å². The van der Waals surface area contributed by atoms with Crippen LogP contribution < -0.4 is 4.74 Å². The molecule has 0 spiro atoms. The molecule has 0 aliphatic carbocycles. The molecule has 0 N–H and O–H groups in total. The Labute approximate surface area is 71.2 Å². The Morgan fingerprint density at radius 1 is 1.38 bits per heavy atom. The van der Waals surface area contributed by atoms with Gasteiger partial charge < -0.3 is 4.74 Å². The maximum Gasteiger partial charge on any atom is 0.272 e. The minimum atomic E-state index is -2.73. The number of halogens is 4. The molecule has 0 fully saturated rings. The van der Waals surface area contributed by atoms with E-state index in [1.807, 2.05) is 0 Å². The lowest BCUT2D eigenvalue weighted by molar-refractivity contribution is 0.0792. The highest BCUT2D eigenvalue weighted by molar-refractivity contribution is 5.18. The molecule has 1 aromatic heterocycles. The number of ether oxygens (including phenoxy) is 1. The van der Waals surface area contributed by atoms with Crippen LogP contribution in [-0.4, -0.2) is 18.0 Å². The van der Waals surface area contributed by atoms with Crippen molar-refractivity contribution in [2.45, 2.75) is 6.43 Å². The van der Waals surface area contributed by atoms with Crippen molar-refractivity contribution in [3.05, 3.63) is 24.0 Å². The first-order valence-corrected chi connectivity index (χ1v) is 3.31. The smallest absolute Gasteiger partial charge is 0.272 e. The zero-order chi connectivity index (χ0) is 9.84. The first-order valence-electron chi connectivity index (χ1n) is 3.31. The Balaban J connectivity index is 2.70. The fraction of sp³-hybridized carbons (Fsp3) is 0.286. The molecule has 0 atom stereocenters. The van der Waals surface area contributed by atoms with E-state index in [0.29, 0.717) is 12.3 Å². The molecule has 0 saturated heterocycles. The number of alkyl halides is 2. The highest BCUT2D eigenvalue weighted by Crippen LogP contribution is 2.15. The number of pyridine rings is 1. The lowest BCUT2D eigenvalue weighted by Crippen LogP contribution is -2.08. The fourth-order valence-corrected chi connectivity index (χ4v) is 0.658. The molecule has 1 rings (SSSR count). The number of hydrogen-bond acceptors (Lipinski definition) is 2. The van der Waals surface area contributed by atoms with Crippen LogP contribution in [0.15, 0.2) is 12.3 Å². The van der Waals surface area contributed by atoms with Gasteiger partial charge in [0.05, 0.1) is 6.20 Å². The van der Waals surface area contributed by atoms with Crippen molar-refractivity contribution in [1.82, 2.24) is 4.98 Å². The summed E-state index contributed by atoms with van der Waals surface area (Å²) in [6.07, 6.45) is -2.10. The average Bonchev–Trinajstić information content (AvgIpc) is 2.06. The van der Waals surface area contributed by atoms with E-state index in [0.717, 1.165) is 0 Å². The second-order valence-corrected chi connectivity index (χ2v) is 2.14. The van der Waals surface area contributed by atoms with Gasteiger partial charge in [0.15, 0.2) is 5.75 Å². The maximum atomic E-state index is 12.6. The summed E-state index contributed by atoms with van der Waals surface area (Å²) >= 11 is 0. The van der Waals surface area contributed by atoms with Gasteiger partial charge in [0, 0.05) is 6.07 Å². The van der Waals surface area contributed by atoms with E-state index in [4.69, 9.17) is 0 Å². The zero-order valence-electron chi connectivity index (χ0n) is 6.31. The van der Waals surface area contributed by atoms with Crippen LogP contribution in [0, 0.1) is 11.8 Å². The SMILES string of the molecule is Fc1cnc(F)c(OCC(F)F)c1. The van der Waals surface area contributed by atoms with Crippen molar-refractivity contribution in [1.29, 1.82) is 0 Å². The largest absolute Gasteiger partial charge is 0.483 e. The van der Waals surface area contributed by atoms with Crippen molar-refractivity contribution in [3.63, 3.8) is 0 Å². The molecule has 0 aliphatic heterocycles. The Morgan fingerprint density at radius 2 is 2.08 bits per heavy atom. The third-order valence-corrected chi connectivity index (χ3v) is 1.14. The predicted octanol–water partition coefficient (Wildman–Crippen LogP) is 2.00. The Morgan fingerprint density at radius 3 is 2.69 bits per heavy atom. The van der Waals surface area contributed by atoms with Crippen molar-refractivity contribution < 1.29 is 22.3 Å². The van der Waals surface area contributed by atoms with Crippen LogP contribution >= 0.6 is 0 Å². The predicted molar refractivity (Wildman–Crippen MR) is 35.7 cm³/mol. The van der Waals surface area contributed by atoms with Crippen molar-refractivity contribution in [2.24, 2.45) is 0 Å². The summed E-state index contributed by atoms with van der Waals surface area (Å²) in [5, 5.41) is 0. The van der Waals surface area contributed by atoms with Crippen molar-refractivity contribution in [3.8, 4) is 5.75 Å².